The molecule has 0 spiro atoms. The van der Waals surface area contributed by atoms with Crippen molar-refractivity contribution in [2.45, 2.75) is 26.3 Å². The molecule has 0 fully saturated rings. The van der Waals surface area contributed by atoms with Gasteiger partial charge in [0, 0.05) is 17.8 Å². The van der Waals surface area contributed by atoms with E-state index in [2.05, 4.69) is 24.9 Å². The number of hydrogen-bond acceptors (Lipinski definition) is 7. The molecule has 2 aromatic heterocycles. The Hall–Kier alpha value is -3.86. The third kappa shape index (κ3) is 6.85. The highest BCUT2D eigenvalue weighted by molar-refractivity contribution is 5.59. The van der Waals surface area contributed by atoms with Crippen molar-refractivity contribution in [3.05, 3.63) is 65.9 Å². The summed E-state index contributed by atoms with van der Waals surface area (Å²) < 4.78 is 54.0. The van der Waals surface area contributed by atoms with Gasteiger partial charge in [-0.05, 0) is 75.5 Å². The standard InChI is InChI=1S/C25H26F3N5O3/c1-17-14-22(24-29-23(31-36-24)19-8-10-20(11-9-19)35-25(26,27)28)30-33(17)16-18-6-4-7-21(15-18)34-13-5-12-32(2)3/h4,6-11,14-15H,5,12-13,16H2,1-3H3. The van der Waals surface area contributed by atoms with Gasteiger partial charge in [-0.1, -0.05) is 17.3 Å². The minimum atomic E-state index is -4.75. The molecule has 0 unspecified atom stereocenters. The van der Waals surface area contributed by atoms with E-state index < -0.39 is 6.36 Å². The van der Waals surface area contributed by atoms with Crippen LogP contribution in [0.25, 0.3) is 23.0 Å². The van der Waals surface area contributed by atoms with Crippen LogP contribution in [-0.4, -0.2) is 58.4 Å². The first-order valence-electron chi connectivity index (χ1n) is 11.3. The van der Waals surface area contributed by atoms with Crippen LogP contribution in [0.15, 0.2) is 59.1 Å². The molecule has 0 aliphatic carbocycles. The van der Waals surface area contributed by atoms with Crippen molar-refractivity contribution in [1.82, 2.24) is 24.8 Å². The largest absolute Gasteiger partial charge is 0.573 e. The summed E-state index contributed by atoms with van der Waals surface area (Å²) in [6.07, 6.45) is -3.81. The molecule has 8 nitrogen and oxygen atoms in total. The topological polar surface area (TPSA) is 78.4 Å². The van der Waals surface area contributed by atoms with Crippen molar-refractivity contribution >= 4 is 0 Å². The van der Waals surface area contributed by atoms with E-state index in [9.17, 15) is 13.2 Å². The molecule has 2 heterocycles. The average molecular weight is 502 g/mol. The van der Waals surface area contributed by atoms with Crippen molar-refractivity contribution < 1.29 is 27.2 Å². The SMILES string of the molecule is Cc1cc(-c2nc(-c3ccc(OC(F)(F)F)cc3)no2)nn1Cc1cccc(OCCCN(C)C)c1. The number of aromatic nitrogens is 4. The van der Waals surface area contributed by atoms with E-state index in [0.717, 1.165) is 30.0 Å². The predicted octanol–water partition coefficient (Wildman–Crippen LogP) is 5.19. The fourth-order valence-corrected chi connectivity index (χ4v) is 3.50. The summed E-state index contributed by atoms with van der Waals surface area (Å²) in [7, 11) is 4.06. The van der Waals surface area contributed by atoms with Gasteiger partial charge >= 0.3 is 6.36 Å². The highest BCUT2D eigenvalue weighted by atomic mass is 19.4. The second-order valence-corrected chi connectivity index (χ2v) is 8.48. The van der Waals surface area contributed by atoms with Crippen LogP contribution in [0.2, 0.25) is 0 Å². The number of alkyl halides is 3. The Morgan fingerprint density at radius 1 is 1.03 bits per heavy atom. The van der Waals surface area contributed by atoms with E-state index in [1.165, 1.54) is 24.3 Å². The zero-order chi connectivity index (χ0) is 25.7. The van der Waals surface area contributed by atoms with Crippen LogP contribution in [0.4, 0.5) is 13.2 Å². The van der Waals surface area contributed by atoms with E-state index >= 15 is 0 Å². The van der Waals surface area contributed by atoms with Crippen molar-refractivity contribution in [2.24, 2.45) is 0 Å². The Bertz CT molecular complexity index is 1280. The van der Waals surface area contributed by atoms with Crippen molar-refractivity contribution in [3.63, 3.8) is 0 Å². The smallest absolute Gasteiger partial charge is 0.494 e. The quantitative estimate of drug-likeness (QED) is 0.277. The molecule has 0 bridgehead atoms. The summed E-state index contributed by atoms with van der Waals surface area (Å²) in [5.74, 6) is 0.923. The average Bonchev–Trinajstić information content (AvgIpc) is 3.44. The lowest BCUT2D eigenvalue weighted by Crippen LogP contribution is -2.16. The Morgan fingerprint density at radius 2 is 1.81 bits per heavy atom. The number of benzene rings is 2. The molecule has 0 radical (unpaired) electrons. The molecule has 0 saturated heterocycles. The highest BCUT2D eigenvalue weighted by Crippen LogP contribution is 2.27. The summed E-state index contributed by atoms with van der Waals surface area (Å²) in [6, 6.07) is 14.9. The zero-order valence-electron chi connectivity index (χ0n) is 20.1. The van der Waals surface area contributed by atoms with Crippen molar-refractivity contribution in [1.29, 1.82) is 0 Å². The van der Waals surface area contributed by atoms with E-state index in [1.807, 2.05) is 56.0 Å². The van der Waals surface area contributed by atoms with Gasteiger partial charge in [0.2, 0.25) is 5.82 Å². The first kappa shape index (κ1) is 25.2. The number of hydrogen-bond donors (Lipinski definition) is 0. The zero-order valence-corrected chi connectivity index (χ0v) is 20.1. The molecule has 4 aromatic rings. The van der Waals surface area contributed by atoms with Crippen LogP contribution in [0.1, 0.15) is 17.7 Å². The summed E-state index contributed by atoms with van der Waals surface area (Å²) in [5, 5.41) is 8.52. The molecule has 0 atom stereocenters. The molecular formula is C25H26F3N5O3. The fourth-order valence-electron chi connectivity index (χ4n) is 3.50. The maximum absolute atomic E-state index is 12.4. The molecule has 0 aliphatic heterocycles. The molecule has 2 aromatic carbocycles. The van der Waals surface area contributed by atoms with Gasteiger partial charge < -0.3 is 18.9 Å². The van der Waals surface area contributed by atoms with Gasteiger partial charge in [-0.2, -0.15) is 10.1 Å². The number of halogens is 3. The van der Waals surface area contributed by atoms with Gasteiger partial charge in [-0.15, -0.1) is 13.2 Å². The Morgan fingerprint density at radius 3 is 2.53 bits per heavy atom. The maximum Gasteiger partial charge on any atom is 0.573 e. The molecule has 0 amide bonds. The highest BCUT2D eigenvalue weighted by Gasteiger charge is 2.31. The molecule has 36 heavy (non-hydrogen) atoms. The van der Waals surface area contributed by atoms with Gasteiger partial charge in [0.15, 0.2) is 5.69 Å². The van der Waals surface area contributed by atoms with E-state index in [0.29, 0.717) is 24.4 Å². The lowest BCUT2D eigenvalue weighted by molar-refractivity contribution is -0.274. The van der Waals surface area contributed by atoms with Crippen molar-refractivity contribution in [3.8, 4) is 34.5 Å². The number of nitrogens with zero attached hydrogens (tertiary/aromatic N) is 5. The lowest BCUT2D eigenvalue weighted by Gasteiger charge is -2.11. The molecular weight excluding hydrogens is 475 g/mol. The maximum atomic E-state index is 12.4. The third-order valence-corrected chi connectivity index (χ3v) is 5.22. The van der Waals surface area contributed by atoms with Gasteiger partial charge in [0.25, 0.3) is 5.89 Å². The molecule has 11 heteroatoms. The second kappa shape index (κ2) is 10.8. The van der Waals surface area contributed by atoms with Crippen LogP contribution in [0, 0.1) is 6.92 Å². The predicted molar refractivity (Wildman–Crippen MR) is 127 cm³/mol. The minimum Gasteiger partial charge on any atom is -0.494 e. The normalized spacial score (nSPS) is 11.8. The van der Waals surface area contributed by atoms with Crippen LogP contribution in [-0.2, 0) is 6.54 Å². The Kier molecular flexibility index (Phi) is 7.58. The molecule has 4 rings (SSSR count). The summed E-state index contributed by atoms with van der Waals surface area (Å²) in [6.45, 7) is 4.06. The van der Waals surface area contributed by atoms with Crippen molar-refractivity contribution in [2.75, 3.05) is 27.2 Å². The summed E-state index contributed by atoms with van der Waals surface area (Å²) >= 11 is 0. The Labute approximate surface area is 206 Å². The fraction of sp³-hybridized carbons (Fsp3) is 0.320. The monoisotopic (exact) mass is 501 g/mol. The summed E-state index contributed by atoms with van der Waals surface area (Å²) in [5.41, 5.74) is 2.92. The van der Waals surface area contributed by atoms with E-state index in [1.54, 1.807) is 0 Å². The van der Waals surface area contributed by atoms with E-state index in [4.69, 9.17) is 9.26 Å². The van der Waals surface area contributed by atoms with Crippen LogP contribution in [0.3, 0.4) is 0 Å². The number of rotatable bonds is 10. The number of ether oxygens (including phenoxy) is 2. The Balaban J connectivity index is 1.42. The van der Waals surface area contributed by atoms with Gasteiger partial charge in [-0.25, -0.2) is 0 Å². The minimum absolute atomic E-state index is 0.209. The van der Waals surface area contributed by atoms with Gasteiger partial charge in [0.05, 0.1) is 13.2 Å². The van der Waals surface area contributed by atoms with Crippen LogP contribution in [0.5, 0.6) is 11.5 Å². The lowest BCUT2D eigenvalue weighted by atomic mass is 10.2. The van der Waals surface area contributed by atoms with Gasteiger partial charge in [-0.3, -0.25) is 4.68 Å². The summed E-state index contributed by atoms with van der Waals surface area (Å²) in [4.78, 5) is 6.46. The van der Waals surface area contributed by atoms with Gasteiger partial charge in [0.1, 0.15) is 11.5 Å². The van der Waals surface area contributed by atoms with Crippen LogP contribution < -0.4 is 9.47 Å². The molecule has 0 aliphatic rings. The first-order chi connectivity index (χ1) is 17.2. The molecule has 0 saturated carbocycles. The molecule has 0 N–H and O–H groups in total. The second-order valence-electron chi connectivity index (χ2n) is 8.48. The first-order valence-corrected chi connectivity index (χ1v) is 11.3. The van der Waals surface area contributed by atoms with Crippen LogP contribution >= 0.6 is 0 Å². The molecule has 190 valence electrons. The number of aryl methyl sites for hydroxylation is 1. The third-order valence-electron chi connectivity index (χ3n) is 5.22. The van der Waals surface area contributed by atoms with E-state index in [-0.39, 0.29) is 17.5 Å².